The molecule has 0 spiro atoms. The lowest BCUT2D eigenvalue weighted by molar-refractivity contribution is -0.148. The van der Waals surface area contributed by atoms with Crippen molar-refractivity contribution in [1.29, 1.82) is 0 Å². The highest BCUT2D eigenvalue weighted by molar-refractivity contribution is 5.75. The van der Waals surface area contributed by atoms with E-state index in [0.717, 1.165) is 25.0 Å². The first-order chi connectivity index (χ1) is 7.52. The normalized spacial score (nSPS) is 29.5. The van der Waals surface area contributed by atoms with Crippen molar-refractivity contribution in [1.82, 2.24) is 9.78 Å². The molecule has 1 aromatic rings. The van der Waals surface area contributed by atoms with E-state index >= 15 is 0 Å². The maximum Gasteiger partial charge on any atom is 0.310 e. The Morgan fingerprint density at radius 3 is 2.94 bits per heavy atom. The summed E-state index contributed by atoms with van der Waals surface area (Å²) in [6.45, 7) is 2.13. The lowest BCUT2D eigenvalue weighted by atomic mass is 9.81. The van der Waals surface area contributed by atoms with Crippen molar-refractivity contribution in [2.24, 2.45) is 18.4 Å². The van der Waals surface area contributed by atoms with E-state index in [1.54, 1.807) is 4.68 Å². The monoisotopic (exact) mass is 222 g/mol. The highest BCUT2D eigenvalue weighted by Gasteiger charge is 2.44. The number of nitrogens with zero attached hydrogens (tertiary/aromatic N) is 2. The summed E-state index contributed by atoms with van der Waals surface area (Å²) in [5.41, 5.74) is 0.312. The van der Waals surface area contributed by atoms with Crippen LogP contribution in [-0.4, -0.2) is 20.9 Å². The Bertz CT molecular complexity index is 399. The standard InChI is InChI=1S/C12H18N2O2/c1-9-3-5-12(7-9,11(15)16)8-10-4-6-14(2)13-10/h4,6,9H,3,5,7-8H2,1-2H3,(H,15,16). The molecule has 4 nitrogen and oxygen atoms in total. The molecule has 4 heteroatoms. The van der Waals surface area contributed by atoms with Gasteiger partial charge >= 0.3 is 5.97 Å². The molecular weight excluding hydrogens is 204 g/mol. The van der Waals surface area contributed by atoms with Gasteiger partial charge in [-0.05, 0) is 31.2 Å². The molecule has 0 aromatic carbocycles. The summed E-state index contributed by atoms with van der Waals surface area (Å²) in [6, 6.07) is 1.91. The Kier molecular flexibility index (Phi) is 2.74. The Labute approximate surface area is 95.3 Å². The summed E-state index contributed by atoms with van der Waals surface area (Å²) < 4.78 is 1.73. The molecule has 0 aliphatic heterocycles. The van der Waals surface area contributed by atoms with Gasteiger partial charge in [-0.2, -0.15) is 5.10 Å². The van der Waals surface area contributed by atoms with E-state index in [1.165, 1.54) is 0 Å². The fourth-order valence-corrected chi connectivity index (χ4v) is 2.73. The molecule has 0 amide bonds. The lowest BCUT2D eigenvalue weighted by Crippen LogP contribution is -2.30. The van der Waals surface area contributed by atoms with Crippen LogP contribution in [-0.2, 0) is 18.3 Å². The minimum atomic E-state index is -0.664. The van der Waals surface area contributed by atoms with Crippen LogP contribution in [0.4, 0.5) is 0 Å². The van der Waals surface area contributed by atoms with Crippen LogP contribution in [0.15, 0.2) is 12.3 Å². The van der Waals surface area contributed by atoms with Gasteiger partial charge in [0, 0.05) is 19.7 Å². The first kappa shape index (κ1) is 11.2. The van der Waals surface area contributed by atoms with Gasteiger partial charge in [0.25, 0.3) is 0 Å². The van der Waals surface area contributed by atoms with Crippen LogP contribution in [0.3, 0.4) is 0 Å². The van der Waals surface area contributed by atoms with E-state index in [0.29, 0.717) is 12.3 Å². The number of aliphatic carboxylic acids is 1. The van der Waals surface area contributed by atoms with Crippen LogP contribution in [0.1, 0.15) is 31.9 Å². The van der Waals surface area contributed by atoms with Gasteiger partial charge in [-0.25, -0.2) is 0 Å². The topological polar surface area (TPSA) is 55.1 Å². The van der Waals surface area contributed by atoms with Crippen molar-refractivity contribution < 1.29 is 9.90 Å². The summed E-state index contributed by atoms with van der Waals surface area (Å²) in [4.78, 5) is 11.4. The van der Waals surface area contributed by atoms with E-state index in [4.69, 9.17) is 0 Å². The Hall–Kier alpha value is -1.32. The highest BCUT2D eigenvalue weighted by atomic mass is 16.4. The van der Waals surface area contributed by atoms with E-state index in [-0.39, 0.29) is 0 Å². The van der Waals surface area contributed by atoms with Crippen molar-refractivity contribution in [2.75, 3.05) is 0 Å². The van der Waals surface area contributed by atoms with Gasteiger partial charge in [0.1, 0.15) is 0 Å². The van der Waals surface area contributed by atoms with Crippen LogP contribution in [0.25, 0.3) is 0 Å². The third-order valence-electron chi connectivity index (χ3n) is 3.60. The minimum Gasteiger partial charge on any atom is -0.481 e. The van der Waals surface area contributed by atoms with Gasteiger partial charge in [-0.1, -0.05) is 6.92 Å². The van der Waals surface area contributed by atoms with Crippen LogP contribution >= 0.6 is 0 Å². The third kappa shape index (κ3) is 1.96. The lowest BCUT2D eigenvalue weighted by Gasteiger charge is -2.22. The number of aryl methyl sites for hydroxylation is 1. The molecule has 16 heavy (non-hydrogen) atoms. The molecule has 1 aromatic heterocycles. The van der Waals surface area contributed by atoms with Crippen LogP contribution in [0, 0.1) is 11.3 Å². The zero-order valence-electron chi connectivity index (χ0n) is 9.81. The van der Waals surface area contributed by atoms with Crippen LogP contribution < -0.4 is 0 Å². The van der Waals surface area contributed by atoms with Crippen molar-refractivity contribution in [3.05, 3.63) is 18.0 Å². The van der Waals surface area contributed by atoms with Crippen LogP contribution in [0.5, 0.6) is 0 Å². The molecule has 1 aliphatic carbocycles. The Morgan fingerprint density at radius 2 is 2.50 bits per heavy atom. The summed E-state index contributed by atoms with van der Waals surface area (Å²) in [5.74, 6) is -0.151. The highest BCUT2D eigenvalue weighted by Crippen LogP contribution is 2.44. The van der Waals surface area contributed by atoms with Gasteiger partial charge in [0.05, 0.1) is 11.1 Å². The number of hydrogen-bond acceptors (Lipinski definition) is 2. The number of carboxylic acids is 1. The van der Waals surface area contributed by atoms with Crippen molar-refractivity contribution in [2.45, 2.75) is 32.6 Å². The number of rotatable bonds is 3. The smallest absolute Gasteiger partial charge is 0.310 e. The summed E-state index contributed by atoms with van der Waals surface area (Å²) in [5, 5.41) is 13.7. The predicted molar refractivity (Wildman–Crippen MR) is 60.0 cm³/mol. The summed E-state index contributed by atoms with van der Waals surface area (Å²) in [7, 11) is 1.86. The van der Waals surface area contributed by atoms with Gasteiger partial charge in [0.15, 0.2) is 0 Å². The Balaban J connectivity index is 2.18. The van der Waals surface area contributed by atoms with Gasteiger partial charge < -0.3 is 5.11 Å². The van der Waals surface area contributed by atoms with Gasteiger partial charge in [-0.15, -0.1) is 0 Å². The zero-order valence-corrected chi connectivity index (χ0v) is 9.81. The number of carboxylic acid groups (broad SMARTS) is 1. The molecule has 2 atom stereocenters. The van der Waals surface area contributed by atoms with Gasteiger partial charge in [0.2, 0.25) is 0 Å². The molecule has 0 bridgehead atoms. The van der Waals surface area contributed by atoms with E-state index < -0.39 is 11.4 Å². The molecule has 2 unspecified atom stereocenters. The molecule has 1 fully saturated rings. The molecule has 1 heterocycles. The first-order valence-corrected chi connectivity index (χ1v) is 5.74. The number of aromatic nitrogens is 2. The van der Waals surface area contributed by atoms with E-state index in [2.05, 4.69) is 12.0 Å². The second-order valence-corrected chi connectivity index (χ2v) is 5.09. The minimum absolute atomic E-state index is 0.514. The van der Waals surface area contributed by atoms with Crippen LogP contribution in [0.2, 0.25) is 0 Å². The van der Waals surface area contributed by atoms with Crippen molar-refractivity contribution in [3.63, 3.8) is 0 Å². The average Bonchev–Trinajstić information content (AvgIpc) is 2.75. The maximum absolute atomic E-state index is 11.4. The molecule has 1 N–H and O–H groups in total. The fraction of sp³-hybridized carbons (Fsp3) is 0.667. The quantitative estimate of drug-likeness (QED) is 0.849. The van der Waals surface area contributed by atoms with Crippen molar-refractivity contribution >= 4 is 5.97 Å². The third-order valence-corrected chi connectivity index (χ3v) is 3.60. The molecule has 0 saturated heterocycles. The average molecular weight is 222 g/mol. The van der Waals surface area contributed by atoms with Gasteiger partial charge in [-0.3, -0.25) is 9.48 Å². The SMILES string of the molecule is CC1CCC(Cc2ccn(C)n2)(C(=O)O)C1. The second kappa shape index (κ2) is 3.92. The number of carbonyl (C=O) groups is 1. The molecule has 1 aliphatic rings. The number of hydrogen-bond donors (Lipinski definition) is 1. The van der Waals surface area contributed by atoms with E-state index in [9.17, 15) is 9.90 Å². The fourth-order valence-electron chi connectivity index (χ4n) is 2.73. The summed E-state index contributed by atoms with van der Waals surface area (Å²) >= 11 is 0. The molecule has 2 rings (SSSR count). The van der Waals surface area contributed by atoms with Crippen molar-refractivity contribution in [3.8, 4) is 0 Å². The second-order valence-electron chi connectivity index (χ2n) is 5.09. The molecule has 88 valence electrons. The first-order valence-electron chi connectivity index (χ1n) is 5.74. The zero-order chi connectivity index (χ0) is 11.8. The predicted octanol–water partition coefficient (Wildman–Crippen LogP) is 1.85. The summed E-state index contributed by atoms with van der Waals surface area (Å²) in [6.07, 6.45) is 4.99. The molecule has 0 radical (unpaired) electrons. The maximum atomic E-state index is 11.4. The molecular formula is C12H18N2O2. The van der Waals surface area contributed by atoms with E-state index in [1.807, 2.05) is 19.3 Å². The molecule has 1 saturated carbocycles. The largest absolute Gasteiger partial charge is 0.481 e. The Morgan fingerprint density at radius 1 is 1.75 bits per heavy atom.